The predicted molar refractivity (Wildman–Crippen MR) is 87.1 cm³/mol. The van der Waals surface area contributed by atoms with Crippen molar-refractivity contribution in [3.05, 3.63) is 28.8 Å². The van der Waals surface area contributed by atoms with Crippen molar-refractivity contribution < 1.29 is 26.4 Å². The van der Waals surface area contributed by atoms with E-state index in [0.717, 1.165) is 31.7 Å². The summed E-state index contributed by atoms with van der Waals surface area (Å²) in [4.78, 5) is 11.6. The summed E-state index contributed by atoms with van der Waals surface area (Å²) >= 11 is 5.98. The van der Waals surface area contributed by atoms with E-state index in [9.17, 15) is 26.4 Å². The van der Waals surface area contributed by atoms with Gasteiger partial charge in [-0.3, -0.25) is 4.79 Å². The van der Waals surface area contributed by atoms with Gasteiger partial charge >= 0.3 is 6.18 Å². The highest BCUT2D eigenvalue weighted by Gasteiger charge is 2.30. The summed E-state index contributed by atoms with van der Waals surface area (Å²) in [6.07, 6.45) is -1.24. The second kappa shape index (κ2) is 7.92. The van der Waals surface area contributed by atoms with E-state index >= 15 is 0 Å². The lowest BCUT2D eigenvalue weighted by atomic mass is 10.2. The van der Waals surface area contributed by atoms with Crippen LogP contribution >= 0.6 is 11.6 Å². The van der Waals surface area contributed by atoms with Crippen molar-refractivity contribution in [2.24, 2.45) is 0 Å². The first-order chi connectivity index (χ1) is 11.6. The normalized spacial score (nSPS) is 17.1. The summed E-state index contributed by atoms with van der Waals surface area (Å²) in [5.74, 6) is -1.01. The van der Waals surface area contributed by atoms with Gasteiger partial charge in [0.2, 0.25) is 10.0 Å². The molecule has 5 nitrogen and oxygen atoms in total. The van der Waals surface area contributed by atoms with E-state index in [4.69, 9.17) is 11.6 Å². The Morgan fingerprint density at radius 2 is 1.76 bits per heavy atom. The molecule has 25 heavy (non-hydrogen) atoms. The van der Waals surface area contributed by atoms with Crippen LogP contribution in [0.5, 0.6) is 0 Å². The zero-order valence-electron chi connectivity index (χ0n) is 13.3. The Bertz CT molecular complexity index is 730. The summed E-state index contributed by atoms with van der Waals surface area (Å²) in [5.41, 5.74) is -0.193. The van der Waals surface area contributed by atoms with E-state index in [-0.39, 0.29) is 15.5 Å². The van der Waals surface area contributed by atoms with E-state index in [2.05, 4.69) is 0 Å². The molecule has 0 atom stereocenters. The molecule has 10 heteroatoms. The maximum absolute atomic E-state index is 12.8. The van der Waals surface area contributed by atoms with Crippen LogP contribution in [0.15, 0.2) is 23.1 Å². The largest absolute Gasteiger partial charge is 0.405 e. The van der Waals surface area contributed by atoms with Gasteiger partial charge in [0.1, 0.15) is 11.4 Å². The molecule has 1 fully saturated rings. The van der Waals surface area contributed by atoms with Gasteiger partial charge in [0.15, 0.2) is 0 Å². The minimum Gasteiger partial charge on any atom is -0.343 e. The van der Waals surface area contributed by atoms with Crippen LogP contribution in [-0.2, 0) is 10.0 Å². The molecule has 1 heterocycles. The molecule has 2 rings (SSSR count). The summed E-state index contributed by atoms with van der Waals surface area (Å²) in [6.45, 7) is -0.797. The lowest BCUT2D eigenvalue weighted by Crippen LogP contribution is -2.34. The molecule has 1 saturated heterocycles. The average molecular weight is 399 g/mol. The third-order valence-electron chi connectivity index (χ3n) is 3.83. The number of benzene rings is 1. The molecule has 0 spiro atoms. The number of carbonyl (C=O) groups excluding carboxylic acids is 1. The van der Waals surface area contributed by atoms with E-state index < -0.39 is 28.7 Å². The van der Waals surface area contributed by atoms with E-state index in [1.54, 1.807) is 5.32 Å². The Hall–Kier alpha value is -1.32. The van der Waals surface area contributed by atoms with Crippen molar-refractivity contribution in [1.82, 2.24) is 9.62 Å². The molecule has 1 amide bonds. The highest BCUT2D eigenvalue weighted by molar-refractivity contribution is 7.89. The van der Waals surface area contributed by atoms with Gasteiger partial charge in [-0.05, 0) is 31.0 Å². The number of alkyl halides is 3. The van der Waals surface area contributed by atoms with Gasteiger partial charge in [-0.2, -0.15) is 17.5 Å². The van der Waals surface area contributed by atoms with Gasteiger partial charge in [-0.25, -0.2) is 8.42 Å². The molecule has 0 radical (unpaired) electrons. The molecule has 1 aliphatic rings. The molecular formula is C15H18ClF3N2O3S. The number of nitrogens with one attached hydrogen (secondary N) is 1. The van der Waals surface area contributed by atoms with Crippen LogP contribution in [-0.4, -0.2) is 44.4 Å². The SMILES string of the molecule is O=C(NCC(F)(F)F)c1ccc(Cl)c(S(=O)(=O)N2CCCCCC2)c1. The Morgan fingerprint density at radius 3 is 2.32 bits per heavy atom. The molecule has 1 aromatic carbocycles. The van der Waals surface area contributed by atoms with Crippen LogP contribution in [0, 0.1) is 0 Å². The zero-order valence-corrected chi connectivity index (χ0v) is 14.8. The average Bonchev–Trinajstić information content (AvgIpc) is 2.82. The number of carbonyl (C=O) groups is 1. The van der Waals surface area contributed by atoms with Gasteiger partial charge in [0.05, 0.1) is 5.02 Å². The topological polar surface area (TPSA) is 66.5 Å². The molecule has 1 aliphatic heterocycles. The van der Waals surface area contributed by atoms with Crippen molar-refractivity contribution in [1.29, 1.82) is 0 Å². The quantitative estimate of drug-likeness (QED) is 0.847. The fraction of sp³-hybridized carbons (Fsp3) is 0.533. The number of rotatable bonds is 4. The Morgan fingerprint density at radius 1 is 1.16 bits per heavy atom. The fourth-order valence-corrected chi connectivity index (χ4v) is 4.56. The van der Waals surface area contributed by atoms with Crippen LogP contribution in [0.1, 0.15) is 36.0 Å². The summed E-state index contributed by atoms with van der Waals surface area (Å²) in [7, 11) is -3.92. The maximum Gasteiger partial charge on any atom is 0.405 e. The Labute approximate surface area is 149 Å². The van der Waals surface area contributed by atoms with Gasteiger partial charge < -0.3 is 5.32 Å². The van der Waals surface area contributed by atoms with E-state index in [1.165, 1.54) is 16.4 Å². The molecule has 140 valence electrons. The second-order valence-corrected chi connectivity index (χ2v) is 8.07. The van der Waals surface area contributed by atoms with Gasteiger partial charge in [-0.1, -0.05) is 24.4 Å². The fourth-order valence-electron chi connectivity index (χ4n) is 2.55. The van der Waals surface area contributed by atoms with Crippen LogP contribution in [0.2, 0.25) is 5.02 Å². The van der Waals surface area contributed by atoms with Gasteiger partial charge in [0.25, 0.3) is 5.91 Å². The first-order valence-corrected chi connectivity index (χ1v) is 9.58. The van der Waals surface area contributed by atoms with Crippen molar-refractivity contribution in [3.63, 3.8) is 0 Å². The van der Waals surface area contributed by atoms with E-state index in [0.29, 0.717) is 13.1 Å². The second-order valence-electron chi connectivity index (χ2n) is 5.76. The van der Waals surface area contributed by atoms with Crippen molar-refractivity contribution >= 4 is 27.5 Å². The summed E-state index contributed by atoms with van der Waals surface area (Å²) in [5, 5.41) is 1.64. The highest BCUT2D eigenvalue weighted by atomic mass is 35.5. The predicted octanol–water partition coefficient (Wildman–Crippen LogP) is 3.20. The van der Waals surface area contributed by atoms with Crippen molar-refractivity contribution in [2.45, 2.75) is 36.8 Å². The molecule has 0 aliphatic carbocycles. The number of sulfonamides is 1. The molecule has 0 saturated carbocycles. The molecule has 0 unspecified atom stereocenters. The molecule has 1 N–H and O–H groups in total. The summed E-state index contributed by atoms with van der Waals surface area (Å²) < 4.78 is 63.5. The number of hydrogen-bond donors (Lipinski definition) is 1. The summed E-state index contributed by atoms with van der Waals surface area (Å²) in [6, 6.07) is 3.42. The lowest BCUT2D eigenvalue weighted by Gasteiger charge is -2.21. The number of nitrogens with zero attached hydrogens (tertiary/aromatic N) is 1. The molecule has 1 aromatic rings. The monoisotopic (exact) mass is 398 g/mol. The van der Waals surface area contributed by atoms with Crippen LogP contribution in [0.3, 0.4) is 0 Å². The lowest BCUT2D eigenvalue weighted by molar-refractivity contribution is -0.123. The van der Waals surface area contributed by atoms with Gasteiger partial charge in [0, 0.05) is 18.7 Å². The Balaban J connectivity index is 2.27. The highest BCUT2D eigenvalue weighted by Crippen LogP contribution is 2.27. The molecule has 0 bridgehead atoms. The number of hydrogen-bond acceptors (Lipinski definition) is 3. The minimum absolute atomic E-state index is 0.0726. The number of halogens is 4. The van der Waals surface area contributed by atoms with Crippen molar-refractivity contribution in [3.8, 4) is 0 Å². The zero-order chi connectivity index (χ0) is 18.7. The minimum atomic E-state index is -4.55. The standard InChI is InChI=1S/C15H18ClF3N2O3S/c16-12-6-5-11(14(22)20-10-15(17,18)19)9-13(12)25(23,24)21-7-3-1-2-4-8-21/h5-6,9H,1-4,7-8,10H2,(H,20,22). The van der Waals surface area contributed by atoms with Crippen LogP contribution in [0.4, 0.5) is 13.2 Å². The van der Waals surface area contributed by atoms with Crippen LogP contribution in [0.25, 0.3) is 0 Å². The third kappa shape index (κ3) is 5.32. The molecular weight excluding hydrogens is 381 g/mol. The molecule has 0 aromatic heterocycles. The van der Waals surface area contributed by atoms with Gasteiger partial charge in [-0.15, -0.1) is 0 Å². The number of amides is 1. The van der Waals surface area contributed by atoms with Crippen LogP contribution < -0.4 is 5.32 Å². The first-order valence-electron chi connectivity index (χ1n) is 7.76. The van der Waals surface area contributed by atoms with Crippen molar-refractivity contribution in [2.75, 3.05) is 19.6 Å². The first kappa shape index (κ1) is 20.0. The smallest absolute Gasteiger partial charge is 0.343 e. The van der Waals surface area contributed by atoms with E-state index in [1.807, 2.05) is 0 Å². The Kier molecular flexibility index (Phi) is 6.34. The maximum atomic E-state index is 12.8. The third-order valence-corrected chi connectivity index (χ3v) is 6.21.